The van der Waals surface area contributed by atoms with Crippen LogP contribution in [0.5, 0.6) is 5.88 Å². The normalized spacial score (nSPS) is 18.2. The van der Waals surface area contributed by atoms with Crippen LogP contribution in [0.4, 0.5) is 22.1 Å². The highest BCUT2D eigenvalue weighted by Gasteiger charge is 2.42. The van der Waals surface area contributed by atoms with Crippen molar-refractivity contribution in [1.82, 2.24) is 19.5 Å². The molecule has 0 aliphatic carbocycles. The highest BCUT2D eigenvalue weighted by molar-refractivity contribution is 7.98. The van der Waals surface area contributed by atoms with Crippen molar-refractivity contribution in [3.63, 3.8) is 0 Å². The molecule has 5 rings (SSSR count). The number of amides is 2. The number of rotatable bonds is 12. The zero-order chi connectivity index (χ0) is 35.3. The van der Waals surface area contributed by atoms with E-state index in [9.17, 15) is 9.59 Å². The second kappa shape index (κ2) is 15.4. The first-order chi connectivity index (χ1) is 23.3. The minimum absolute atomic E-state index is 0.0206. The van der Waals surface area contributed by atoms with Crippen LogP contribution in [0.3, 0.4) is 0 Å². The van der Waals surface area contributed by atoms with Crippen molar-refractivity contribution in [2.24, 2.45) is 5.92 Å². The molecule has 0 bridgehead atoms. The van der Waals surface area contributed by atoms with E-state index < -0.39 is 20.6 Å². The Bertz CT molecular complexity index is 1690. The number of nitrogens with zero attached hydrogens (tertiary/aromatic N) is 5. The van der Waals surface area contributed by atoms with Gasteiger partial charge in [-0.1, -0.05) is 71.0 Å². The fourth-order valence-corrected chi connectivity index (χ4v) is 6.31. The highest BCUT2D eigenvalue weighted by Crippen LogP contribution is 2.39. The van der Waals surface area contributed by atoms with E-state index in [-0.39, 0.29) is 46.4 Å². The number of imidazole rings is 1. The fraction of sp³-hybridized carbons (Fsp3) is 0.457. The van der Waals surface area contributed by atoms with E-state index in [0.29, 0.717) is 36.0 Å². The number of aromatic nitrogens is 4. The lowest BCUT2D eigenvalue weighted by Crippen LogP contribution is -2.44. The maximum Gasteiger partial charge on any atom is 0.425 e. The first-order valence-electron chi connectivity index (χ1n) is 16.4. The largest absolute Gasteiger partial charge is 0.425 e. The van der Waals surface area contributed by atoms with Gasteiger partial charge in [-0.15, -0.1) is 11.8 Å². The highest BCUT2D eigenvalue weighted by atomic mass is 32.2. The molecule has 3 atom stereocenters. The van der Waals surface area contributed by atoms with E-state index in [1.54, 1.807) is 36.5 Å². The molecule has 262 valence electrons. The summed E-state index contributed by atoms with van der Waals surface area (Å²) in [5.74, 6) is -0.239. The van der Waals surface area contributed by atoms with Crippen LogP contribution in [-0.4, -0.2) is 70.8 Å². The van der Waals surface area contributed by atoms with Crippen molar-refractivity contribution in [2.75, 3.05) is 29.0 Å². The van der Waals surface area contributed by atoms with Gasteiger partial charge in [0.2, 0.25) is 11.9 Å². The zero-order valence-electron chi connectivity index (χ0n) is 29.4. The molecule has 0 spiro atoms. The van der Waals surface area contributed by atoms with Crippen molar-refractivity contribution in [2.45, 2.75) is 77.6 Å². The Morgan fingerprint density at radius 1 is 1.06 bits per heavy atom. The smallest absolute Gasteiger partial charge is 0.414 e. The predicted molar refractivity (Wildman–Crippen MR) is 195 cm³/mol. The summed E-state index contributed by atoms with van der Waals surface area (Å²) >= 11 is 1.59. The first kappa shape index (κ1) is 36.5. The molecule has 1 aliphatic heterocycles. The Balaban J connectivity index is 1.50. The minimum atomic E-state index is -2.05. The molecule has 4 aromatic rings. The van der Waals surface area contributed by atoms with E-state index in [2.05, 4.69) is 54.1 Å². The number of benzene rings is 2. The summed E-state index contributed by atoms with van der Waals surface area (Å²) in [6.45, 7) is 15.0. The molecule has 12 nitrogen and oxygen atoms in total. The molecule has 3 heterocycles. The fourth-order valence-electron chi connectivity index (χ4n) is 4.98. The van der Waals surface area contributed by atoms with Gasteiger partial charge < -0.3 is 18.6 Å². The molecule has 3 unspecified atom stereocenters. The molecule has 1 aliphatic rings. The van der Waals surface area contributed by atoms with E-state index in [4.69, 9.17) is 18.6 Å². The van der Waals surface area contributed by atoms with Gasteiger partial charge in [0.1, 0.15) is 12.3 Å². The molecule has 1 saturated heterocycles. The molecule has 49 heavy (non-hydrogen) atoms. The van der Waals surface area contributed by atoms with Gasteiger partial charge in [-0.3, -0.25) is 14.7 Å². The standard InChI is InChI=1S/C35H46N6O6SSi/c1-23(2)31(42)38-33-37-30-29(32(39-33)47-34(43)41(24-15-11-9-12-16-24)25-17-13-10-14-18-25)36-21-40(30)28-19-26(44-22-48-6)27(46-28)20-45-49(7,8)35(3,4)5/h9-18,21,23,26-28H,19-20,22H2,1-8H3,(H,37,38,39,42). The molecule has 2 aromatic carbocycles. The molecule has 1 fully saturated rings. The van der Waals surface area contributed by atoms with Crippen LogP contribution in [0.25, 0.3) is 11.2 Å². The monoisotopic (exact) mass is 706 g/mol. The van der Waals surface area contributed by atoms with Crippen LogP contribution in [0, 0.1) is 5.92 Å². The number of hydrogen-bond acceptors (Lipinski definition) is 10. The summed E-state index contributed by atoms with van der Waals surface area (Å²) in [6, 6.07) is 18.3. The number of hydrogen-bond donors (Lipinski definition) is 1. The Morgan fingerprint density at radius 3 is 2.27 bits per heavy atom. The third kappa shape index (κ3) is 8.50. The summed E-state index contributed by atoms with van der Waals surface area (Å²) in [7, 11) is -2.05. The zero-order valence-corrected chi connectivity index (χ0v) is 31.2. The van der Waals surface area contributed by atoms with Crippen LogP contribution < -0.4 is 15.0 Å². The van der Waals surface area contributed by atoms with E-state index >= 15 is 0 Å². The molecule has 1 N–H and O–H groups in total. The average Bonchev–Trinajstić information content (AvgIpc) is 3.67. The number of carbonyl (C=O) groups excluding carboxylic acids is 2. The number of ether oxygens (including phenoxy) is 3. The Kier molecular flexibility index (Phi) is 11.4. The molecule has 0 saturated carbocycles. The van der Waals surface area contributed by atoms with Gasteiger partial charge in [0.25, 0.3) is 5.88 Å². The minimum Gasteiger partial charge on any atom is -0.414 e. The van der Waals surface area contributed by atoms with Gasteiger partial charge in [0, 0.05) is 12.3 Å². The number of fused-ring (bicyclic) bond motifs is 1. The van der Waals surface area contributed by atoms with Gasteiger partial charge in [-0.2, -0.15) is 9.97 Å². The van der Waals surface area contributed by atoms with Crippen LogP contribution in [0.1, 0.15) is 47.3 Å². The second-order valence-corrected chi connectivity index (χ2v) is 19.4. The number of nitrogens with one attached hydrogen (secondary N) is 1. The molecular weight excluding hydrogens is 661 g/mol. The second-order valence-electron chi connectivity index (χ2n) is 13.7. The number of carbonyl (C=O) groups is 2. The lowest BCUT2D eigenvalue weighted by molar-refractivity contribution is -0.118. The predicted octanol–water partition coefficient (Wildman–Crippen LogP) is 7.77. The van der Waals surface area contributed by atoms with Crippen LogP contribution in [0.2, 0.25) is 18.1 Å². The summed E-state index contributed by atoms with van der Waals surface area (Å²) in [4.78, 5) is 41.8. The van der Waals surface area contributed by atoms with Gasteiger partial charge in [-0.05, 0) is 48.7 Å². The lowest BCUT2D eigenvalue weighted by Gasteiger charge is -2.37. The number of anilines is 3. The van der Waals surface area contributed by atoms with Crippen molar-refractivity contribution in [3.8, 4) is 5.88 Å². The maximum atomic E-state index is 13.9. The Labute approximate surface area is 293 Å². The van der Waals surface area contributed by atoms with Crippen LogP contribution in [0.15, 0.2) is 67.0 Å². The Morgan fingerprint density at radius 2 is 1.69 bits per heavy atom. The van der Waals surface area contributed by atoms with Gasteiger partial charge in [-0.25, -0.2) is 14.7 Å². The van der Waals surface area contributed by atoms with E-state index in [1.165, 1.54) is 4.90 Å². The van der Waals surface area contributed by atoms with Gasteiger partial charge in [0.15, 0.2) is 19.5 Å². The first-order valence-corrected chi connectivity index (χ1v) is 20.7. The molecule has 2 amide bonds. The third-order valence-corrected chi connectivity index (χ3v) is 13.7. The number of para-hydroxylation sites is 2. The van der Waals surface area contributed by atoms with Crippen LogP contribution >= 0.6 is 11.8 Å². The van der Waals surface area contributed by atoms with Crippen molar-refractivity contribution < 1.29 is 28.2 Å². The van der Waals surface area contributed by atoms with Crippen LogP contribution in [-0.2, 0) is 18.7 Å². The maximum absolute atomic E-state index is 13.9. The van der Waals surface area contributed by atoms with Crippen molar-refractivity contribution >= 4 is 60.6 Å². The summed E-state index contributed by atoms with van der Waals surface area (Å²) in [5.41, 5.74) is 1.78. The summed E-state index contributed by atoms with van der Waals surface area (Å²) in [6.07, 6.45) is 2.31. The molecular formula is C35H46N6O6SSi. The van der Waals surface area contributed by atoms with E-state index in [0.717, 1.165) is 0 Å². The summed E-state index contributed by atoms with van der Waals surface area (Å²) < 4.78 is 27.1. The lowest BCUT2D eigenvalue weighted by atomic mass is 10.2. The van der Waals surface area contributed by atoms with E-state index in [1.807, 2.05) is 66.9 Å². The molecule has 0 radical (unpaired) electrons. The SMILES string of the molecule is CSCOC1CC(n2cnc3c(OC(=O)N(c4ccccc4)c4ccccc4)nc(NC(=O)C(C)C)nc32)OC1CO[Si](C)(C)C(C)(C)C. The van der Waals surface area contributed by atoms with Gasteiger partial charge in [0.05, 0.1) is 36.4 Å². The molecule has 2 aromatic heterocycles. The topological polar surface area (TPSA) is 130 Å². The Hall–Kier alpha value is -3.82. The third-order valence-electron chi connectivity index (χ3n) is 8.85. The number of thioether (sulfide) groups is 1. The van der Waals surface area contributed by atoms with Gasteiger partial charge >= 0.3 is 6.09 Å². The van der Waals surface area contributed by atoms with Crippen molar-refractivity contribution in [3.05, 3.63) is 67.0 Å². The average molecular weight is 707 g/mol. The molecule has 14 heteroatoms. The summed E-state index contributed by atoms with van der Waals surface area (Å²) in [5, 5.41) is 2.79. The quantitative estimate of drug-likeness (QED) is 0.115. The van der Waals surface area contributed by atoms with Crippen molar-refractivity contribution in [1.29, 1.82) is 0 Å².